The summed E-state index contributed by atoms with van der Waals surface area (Å²) in [7, 11) is 1.64. The van der Waals surface area contributed by atoms with Crippen LogP contribution in [0.15, 0.2) is 17.5 Å². The maximum Gasteiger partial charge on any atom is 0.261 e. The highest BCUT2D eigenvalue weighted by atomic mass is 32.1. The van der Waals surface area contributed by atoms with Crippen molar-refractivity contribution in [3.63, 3.8) is 0 Å². The lowest BCUT2D eigenvalue weighted by atomic mass is 9.70. The molecule has 192 valence electrons. The Bertz CT molecular complexity index is 1380. The highest BCUT2D eigenvalue weighted by molar-refractivity contribution is 7.14. The highest BCUT2D eigenvalue weighted by Crippen LogP contribution is 2.50. The molecule has 2 fully saturated rings. The molecular weight excluding hydrogens is 508 g/mol. The predicted octanol–water partition coefficient (Wildman–Crippen LogP) is 2.00. The van der Waals surface area contributed by atoms with E-state index in [1.807, 2.05) is 6.07 Å². The first-order valence-electron chi connectivity index (χ1n) is 12.6. The fourth-order valence-corrected chi connectivity index (χ4v) is 8.35. The molecule has 10 nitrogen and oxygen atoms in total. The van der Waals surface area contributed by atoms with Crippen LogP contribution in [0.25, 0.3) is 0 Å². The Morgan fingerprint density at radius 1 is 1.32 bits per heavy atom. The van der Waals surface area contributed by atoms with Crippen molar-refractivity contribution in [2.75, 3.05) is 13.6 Å². The summed E-state index contributed by atoms with van der Waals surface area (Å²) < 4.78 is 0. The minimum absolute atomic E-state index is 0.0211. The molecule has 6 rings (SSSR count). The van der Waals surface area contributed by atoms with Crippen molar-refractivity contribution in [1.82, 2.24) is 36.2 Å². The fraction of sp³-hybridized carbons (Fsp3) is 0.520. The minimum Gasteiger partial charge on any atom is -0.354 e. The van der Waals surface area contributed by atoms with Crippen LogP contribution in [0.2, 0.25) is 0 Å². The van der Waals surface area contributed by atoms with Gasteiger partial charge in [0.15, 0.2) is 5.82 Å². The number of aromatic amines is 1. The van der Waals surface area contributed by atoms with E-state index in [1.54, 1.807) is 23.3 Å². The zero-order valence-electron chi connectivity index (χ0n) is 20.7. The molecule has 1 aliphatic heterocycles. The summed E-state index contributed by atoms with van der Waals surface area (Å²) in [5.41, 5.74) is 1.43. The van der Waals surface area contributed by atoms with E-state index >= 15 is 0 Å². The molecule has 4 heterocycles. The number of aromatic nitrogens is 4. The van der Waals surface area contributed by atoms with Crippen molar-refractivity contribution < 1.29 is 9.59 Å². The molecule has 5 atom stereocenters. The number of carbonyl (C=O) groups is 2. The molecule has 1 saturated heterocycles. The summed E-state index contributed by atoms with van der Waals surface area (Å²) in [6, 6.07) is 6.23. The number of piperidine rings is 1. The second-order valence-electron chi connectivity index (χ2n) is 10.2. The number of rotatable bonds is 7. The number of carbonyl (C=O) groups excluding carboxylic acids is 2. The van der Waals surface area contributed by atoms with Gasteiger partial charge in [0.1, 0.15) is 6.04 Å². The normalized spacial score (nSPS) is 26.4. The van der Waals surface area contributed by atoms with Crippen LogP contribution in [0.5, 0.6) is 0 Å². The molecule has 3 aliphatic rings. The predicted molar refractivity (Wildman–Crippen MR) is 138 cm³/mol. The number of hydrogen-bond donors (Lipinski definition) is 3. The van der Waals surface area contributed by atoms with Crippen LogP contribution >= 0.6 is 22.7 Å². The number of thiophene rings is 2. The zero-order valence-corrected chi connectivity index (χ0v) is 22.3. The number of H-pyrrole nitrogens is 1. The van der Waals surface area contributed by atoms with Crippen LogP contribution in [0.3, 0.4) is 0 Å². The van der Waals surface area contributed by atoms with Gasteiger partial charge in [0.05, 0.1) is 22.9 Å². The molecule has 0 bridgehead atoms. The van der Waals surface area contributed by atoms with Crippen LogP contribution in [0.4, 0.5) is 0 Å². The molecule has 2 aliphatic carbocycles. The molecule has 1 unspecified atom stereocenters. The molecular formula is C25H28N8O2S2. The quantitative estimate of drug-likeness (QED) is 0.420. The largest absolute Gasteiger partial charge is 0.354 e. The van der Waals surface area contributed by atoms with E-state index in [0.29, 0.717) is 23.0 Å². The summed E-state index contributed by atoms with van der Waals surface area (Å²) >= 11 is 3.24. The van der Waals surface area contributed by atoms with Crippen molar-refractivity contribution in [2.45, 2.75) is 62.6 Å². The molecule has 12 heteroatoms. The van der Waals surface area contributed by atoms with Gasteiger partial charge in [-0.05, 0) is 73.6 Å². The lowest BCUT2D eigenvalue weighted by molar-refractivity contribution is -0.131. The summed E-state index contributed by atoms with van der Waals surface area (Å²) in [4.78, 5) is 30.6. The lowest BCUT2D eigenvalue weighted by Crippen LogP contribution is -2.46. The second-order valence-corrected chi connectivity index (χ2v) is 12.3. The molecule has 0 aromatic carbocycles. The van der Waals surface area contributed by atoms with Crippen molar-refractivity contribution in [3.05, 3.63) is 49.1 Å². The van der Waals surface area contributed by atoms with E-state index in [0.717, 1.165) is 41.7 Å². The first-order valence-corrected chi connectivity index (χ1v) is 14.3. The van der Waals surface area contributed by atoms with Gasteiger partial charge in [-0.25, -0.2) is 0 Å². The van der Waals surface area contributed by atoms with Crippen LogP contribution < -0.4 is 10.6 Å². The Kier molecular flexibility index (Phi) is 6.09. The van der Waals surface area contributed by atoms with Crippen molar-refractivity contribution in [3.8, 4) is 6.07 Å². The Hall–Kier alpha value is -3.14. The first kappa shape index (κ1) is 24.2. The van der Waals surface area contributed by atoms with E-state index in [1.165, 1.54) is 16.2 Å². The minimum atomic E-state index is -0.725. The third-order valence-electron chi connectivity index (χ3n) is 7.99. The van der Waals surface area contributed by atoms with Gasteiger partial charge in [0.2, 0.25) is 5.91 Å². The third kappa shape index (κ3) is 3.96. The molecule has 0 spiro atoms. The monoisotopic (exact) mass is 536 g/mol. The van der Waals surface area contributed by atoms with E-state index in [2.05, 4.69) is 55.7 Å². The van der Waals surface area contributed by atoms with E-state index in [-0.39, 0.29) is 36.5 Å². The Morgan fingerprint density at radius 3 is 2.92 bits per heavy atom. The van der Waals surface area contributed by atoms with Gasteiger partial charge >= 0.3 is 0 Å². The molecule has 3 N–H and O–H groups in total. The number of tetrazole rings is 1. The standard InChI is InChI=1S/C25H28N8O2S2/c1-13(28-12-22(34)33-15(11-26)7-14-8-18(14)33)10-25(24-29-31-32-30-24)16-5-6-36-19(16)3-4-20-17(25)9-21(37-20)23(35)27-2/h5-6,9,13-15,18,28H,3-4,7-8,10,12H2,1-2H3,(H,27,35)(H,29,30,31,32)/t13-,14+,15-,18-,25?/m0/s1. The molecule has 37 heavy (non-hydrogen) atoms. The SMILES string of the molecule is CNC(=O)c1cc2c(s1)CCc1sccc1C2(C[C@H](C)NCC(=O)N1[C@H](C#N)C[C@@H]2C[C@@H]21)c1nn[nH]n1. The lowest BCUT2D eigenvalue weighted by Gasteiger charge is -2.34. The van der Waals surface area contributed by atoms with Crippen molar-refractivity contribution in [2.24, 2.45) is 5.92 Å². The number of aryl methyl sites for hydroxylation is 2. The van der Waals surface area contributed by atoms with Gasteiger partial charge < -0.3 is 15.5 Å². The van der Waals surface area contributed by atoms with Gasteiger partial charge in [0.25, 0.3) is 5.91 Å². The van der Waals surface area contributed by atoms with Gasteiger partial charge in [-0.1, -0.05) is 5.21 Å². The maximum absolute atomic E-state index is 13.1. The van der Waals surface area contributed by atoms with Crippen LogP contribution in [-0.2, 0) is 23.1 Å². The zero-order chi connectivity index (χ0) is 25.7. The van der Waals surface area contributed by atoms with Crippen LogP contribution in [0, 0.1) is 17.2 Å². The average Bonchev–Trinajstić information content (AvgIpc) is 3.43. The Labute approximate surface area is 222 Å². The summed E-state index contributed by atoms with van der Waals surface area (Å²) in [5, 5.41) is 33.3. The van der Waals surface area contributed by atoms with Crippen LogP contribution in [0.1, 0.15) is 62.6 Å². The average molecular weight is 537 g/mol. The van der Waals surface area contributed by atoms with Crippen LogP contribution in [-0.4, -0.2) is 69.1 Å². The smallest absolute Gasteiger partial charge is 0.261 e. The van der Waals surface area contributed by atoms with Gasteiger partial charge in [-0.3, -0.25) is 9.59 Å². The molecule has 0 radical (unpaired) electrons. The maximum atomic E-state index is 13.1. The number of hydrogen-bond acceptors (Lipinski definition) is 9. The Morgan fingerprint density at radius 2 is 2.16 bits per heavy atom. The van der Waals surface area contributed by atoms with E-state index in [4.69, 9.17) is 0 Å². The number of likely N-dealkylation sites (tertiary alicyclic amines) is 1. The topological polar surface area (TPSA) is 140 Å². The van der Waals surface area contributed by atoms with Gasteiger partial charge in [0, 0.05) is 28.9 Å². The fourth-order valence-electron chi connectivity index (χ4n) is 6.21. The highest BCUT2D eigenvalue weighted by Gasteiger charge is 2.54. The first-order chi connectivity index (χ1) is 18.0. The van der Waals surface area contributed by atoms with E-state index in [9.17, 15) is 14.9 Å². The van der Waals surface area contributed by atoms with Gasteiger partial charge in [-0.2, -0.15) is 10.5 Å². The number of nitrogens with one attached hydrogen (secondary N) is 3. The third-order valence-corrected chi connectivity index (χ3v) is 10.2. The summed E-state index contributed by atoms with van der Waals surface area (Å²) in [6.45, 7) is 2.23. The van der Waals surface area contributed by atoms with Crippen molar-refractivity contribution >= 4 is 34.5 Å². The van der Waals surface area contributed by atoms with Crippen molar-refractivity contribution in [1.29, 1.82) is 5.26 Å². The number of nitriles is 1. The van der Waals surface area contributed by atoms with Gasteiger partial charge in [-0.15, -0.1) is 32.9 Å². The molecule has 3 aromatic rings. The van der Waals surface area contributed by atoms with E-state index < -0.39 is 5.41 Å². The Balaban J connectivity index is 1.34. The summed E-state index contributed by atoms with van der Waals surface area (Å²) in [5.74, 6) is 0.911. The second kappa shape index (κ2) is 9.31. The number of nitrogens with zero attached hydrogens (tertiary/aromatic N) is 5. The number of amides is 2. The summed E-state index contributed by atoms with van der Waals surface area (Å²) in [6.07, 6.45) is 4.08. The molecule has 3 aromatic heterocycles. The molecule has 1 saturated carbocycles. The number of fused-ring (bicyclic) bond motifs is 3. The molecule has 2 amide bonds.